The molecule has 0 saturated carbocycles. The lowest BCUT2D eigenvalue weighted by Gasteiger charge is -2.33. The number of hydrogen-bond donors (Lipinski definition) is 1. The van der Waals surface area contributed by atoms with Crippen molar-refractivity contribution in [2.45, 2.75) is 31.6 Å². The molecule has 2 heterocycles. The number of esters is 1. The summed E-state index contributed by atoms with van der Waals surface area (Å²) in [7, 11) is -3.94. The Morgan fingerprint density at radius 3 is 2.44 bits per heavy atom. The van der Waals surface area contributed by atoms with Crippen molar-refractivity contribution >= 4 is 38.7 Å². The molecular formula is C24H28N4O5S. The Morgan fingerprint density at radius 1 is 1.06 bits per heavy atom. The number of para-hydroxylation sites is 2. The summed E-state index contributed by atoms with van der Waals surface area (Å²) in [5, 5.41) is 0. The Labute approximate surface area is 199 Å². The summed E-state index contributed by atoms with van der Waals surface area (Å²) >= 11 is 0. The molecular weight excluding hydrogens is 456 g/mol. The third-order valence-electron chi connectivity index (χ3n) is 5.57. The number of nitrogens with one attached hydrogen (secondary N) is 1. The lowest BCUT2D eigenvalue weighted by Crippen LogP contribution is -2.40. The maximum atomic E-state index is 13.2. The second-order valence-corrected chi connectivity index (χ2v) is 9.61. The molecule has 2 aromatic carbocycles. The lowest BCUT2D eigenvalue weighted by molar-refractivity contribution is -0.148. The number of piperidine rings is 1. The second kappa shape index (κ2) is 10.3. The molecule has 9 nitrogen and oxygen atoms in total. The van der Waals surface area contributed by atoms with Crippen LogP contribution in [0.1, 0.15) is 26.7 Å². The number of carbonyl (C=O) groups is 1. The normalized spacial score (nSPS) is 16.3. The van der Waals surface area contributed by atoms with E-state index in [9.17, 15) is 13.2 Å². The highest BCUT2D eigenvalue weighted by Gasteiger charge is 2.30. The molecule has 1 aliphatic heterocycles. The van der Waals surface area contributed by atoms with E-state index < -0.39 is 10.0 Å². The number of ether oxygens (including phenoxy) is 2. The van der Waals surface area contributed by atoms with Gasteiger partial charge in [0, 0.05) is 13.1 Å². The molecule has 1 atom stereocenters. The number of rotatable bonds is 8. The minimum Gasteiger partial charge on any atom is -0.494 e. The number of carbonyl (C=O) groups excluding carboxylic acids is 1. The molecule has 1 saturated heterocycles. The molecule has 0 spiro atoms. The summed E-state index contributed by atoms with van der Waals surface area (Å²) in [5.74, 6) is 0.542. The van der Waals surface area contributed by atoms with E-state index in [1.807, 2.05) is 30.0 Å². The highest BCUT2D eigenvalue weighted by Crippen LogP contribution is 2.31. The Kier molecular flexibility index (Phi) is 7.16. The van der Waals surface area contributed by atoms with Crippen molar-refractivity contribution in [3.8, 4) is 5.75 Å². The van der Waals surface area contributed by atoms with Gasteiger partial charge in [0.25, 0.3) is 10.0 Å². The molecule has 0 aliphatic carbocycles. The summed E-state index contributed by atoms with van der Waals surface area (Å²) in [5.41, 5.74) is 1.20. The average Bonchev–Trinajstić information content (AvgIpc) is 2.84. The van der Waals surface area contributed by atoms with Gasteiger partial charge in [0.15, 0.2) is 11.6 Å². The van der Waals surface area contributed by atoms with Crippen LogP contribution in [0, 0.1) is 5.92 Å². The number of aromatic nitrogens is 2. The molecule has 1 N–H and O–H groups in total. The number of fused-ring (bicyclic) bond motifs is 1. The number of hydrogen-bond acceptors (Lipinski definition) is 8. The van der Waals surface area contributed by atoms with Crippen LogP contribution >= 0.6 is 0 Å². The fourth-order valence-corrected chi connectivity index (χ4v) is 4.97. The Morgan fingerprint density at radius 2 is 1.76 bits per heavy atom. The molecule has 4 rings (SSSR count). The van der Waals surface area contributed by atoms with Crippen LogP contribution in [0.2, 0.25) is 0 Å². The van der Waals surface area contributed by atoms with E-state index in [4.69, 9.17) is 14.5 Å². The highest BCUT2D eigenvalue weighted by molar-refractivity contribution is 7.92. The average molecular weight is 485 g/mol. The smallest absolute Gasteiger partial charge is 0.310 e. The predicted molar refractivity (Wildman–Crippen MR) is 130 cm³/mol. The van der Waals surface area contributed by atoms with Gasteiger partial charge in [-0.05, 0) is 63.1 Å². The first kappa shape index (κ1) is 23.7. The highest BCUT2D eigenvalue weighted by atomic mass is 32.2. The van der Waals surface area contributed by atoms with E-state index in [2.05, 4.69) is 9.71 Å². The van der Waals surface area contributed by atoms with Gasteiger partial charge in [-0.15, -0.1) is 0 Å². The van der Waals surface area contributed by atoms with Crippen molar-refractivity contribution in [2.75, 3.05) is 35.9 Å². The van der Waals surface area contributed by atoms with E-state index in [0.29, 0.717) is 55.3 Å². The molecule has 1 fully saturated rings. The topological polar surface area (TPSA) is 111 Å². The molecule has 10 heteroatoms. The van der Waals surface area contributed by atoms with Crippen molar-refractivity contribution in [3.05, 3.63) is 48.5 Å². The first-order chi connectivity index (χ1) is 16.4. The molecule has 0 amide bonds. The second-order valence-electron chi connectivity index (χ2n) is 7.93. The predicted octanol–water partition coefficient (Wildman–Crippen LogP) is 3.61. The van der Waals surface area contributed by atoms with E-state index in [1.165, 1.54) is 12.1 Å². The molecule has 0 radical (unpaired) electrons. The van der Waals surface area contributed by atoms with E-state index in [0.717, 1.165) is 6.42 Å². The number of sulfonamides is 1. The van der Waals surface area contributed by atoms with Crippen molar-refractivity contribution in [1.82, 2.24) is 9.97 Å². The maximum Gasteiger partial charge on any atom is 0.310 e. The van der Waals surface area contributed by atoms with Crippen LogP contribution in [-0.4, -0.2) is 50.7 Å². The van der Waals surface area contributed by atoms with Crippen LogP contribution in [0.15, 0.2) is 53.4 Å². The van der Waals surface area contributed by atoms with Crippen LogP contribution in [0.3, 0.4) is 0 Å². The summed E-state index contributed by atoms with van der Waals surface area (Å²) in [4.78, 5) is 23.6. The van der Waals surface area contributed by atoms with E-state index in [-0.39, 0.29) is 22.6 Å². The van der Waals surface area contributed by atoms with Crippen LogP contribution in [0.25, 0.3) is 11.0 Å². The minimum atomic E-state index is -3.94. The zero-order chi connectivity index (χ0) is 24.1. The van der Waals surface area contributed by atoms with Gasteiger partial charge in [-0.25, -0.2) is 18.4 Å². The number of benzene rings is 2. The zero-order valence-electron chi connectivity index (χ0n) is 19.2. The monoisotopic (exact) mass is 484 g/mol. The maximum absolute atomic E-state index is 13.2. The van der Waals surface area contributed by atoms with E-state index >= 15 is 0 Å². The van der Waals surface area contributed by atoms with Gasteiger partial charge >= 0.3 is 5.97 Å². The third kappa shape index (κ3) is 5.22. The fourth-order valence-electron chi connectivity index (χ4n) is 3.97. The van der Waals surface area contributed by atoms with Gasteiger partial charge in [0.05, 0.1) is 35.1 Å². The Hall–Kier alpha value is -3.40. The SMILES string of the molecule is CCOC(=O)C1CCCN(c2nc3ccccc3nc2NS(=O)(=O)c2ccc(OCC)cc2)C1. The minimum absolute atomic E-state index is 0.0832. The summed E-state index contributed by atoms with van der Waals surface area (Å²) in [6.07, 6.45) is 1.46. The zero-order valence-corrected chi connectivity index (χ0v) is 20.0. The largest absolute Gasteiger partial charge is 0.494 e. The molecule has 1 unspecified atom stereocenters. The van der Waals surface area contributed by atoms with E-state index in [1.54, 1.807) is 25.1 Å². The Balaban J connectivity index is 1.69. The first-order valence-electron chi connectivity index (χ1n) is 11.3. The van der Waals surface area contributed by atoms with Gasteiger partial charge < -0.3 is 14.4 Å². The molecule has 0 bridgehead atoms. The standard InChI is InChI=1S/C24H28N4O5S/c1-3-32-18-11-13-19(14-12-18)34(30,31)27-22-23(26-21-10-6-5-9-20(21)25-22)28-15-7-8-17(16-28)24(29)33-4-2/h5-6,9-14,17H,3-4,7-8,15-16H2,1-2H3,(H,25,27). The van der Waals surface area contributed by atoms with Crippen molar-refractivity contribution in [3.63, 3.8) is 0 Å². The van der Waals surface area contributed by atoms with Gasteiger partial charge in [-0.3, -0.25) is 9.52 Å². The lowest BCUT2D eigenvalue weighted by atomic mass is 9.98. The summed E-state index contributed by atoms with van der Waals surface area (Å²) in [6, 6.07) is 13.5. The quantitative estimate of drug-likeness (QED) is 0.483. The Bertz CT molecular complexity index is 1260. The summed E-state index contributed by atoms with van der Waals surface area (Å²) < 4.78 is 39.6. The van der Waals surface area contributed by atoms with Crippen LogP contribution in [0.4, 0.5) is 11.6 Å². The molecule has 1 aromatic heterocycles. The number of nitrogens with zero attached hydrogens (tertiary/aromatic N) is 3. The molecule has 3 aromatic rings. The van der Waals surface area contributed by atoms with Gasteiger partial charge in [-0.1, -0.05) is 12.1 Å². The number of anilines is 2. The fraction of sp³-hybridized carbons (Fsp3) is 0.375. The van der Waals surface area contributed by atoms with Crippen LogP contribution in [0.5, 0.6) is 5.75 Å². The van der Waals surface area contributed by atoms with Crippen LogP contribution < -0.4 is 14.4 Å². The van der Waals surface area contributed by atoms with Gasteiger partial charge in [-0.2, -0.15) is 0 Å². The van der Waals surface area contributed by atoms with Gasteiger partial charge in [0.2, 0.25) is 0 Å². The molecule has 1 aliphatic rings. The molecule has 34 heavy (non-hydrogen) atoms. The third-order valence-corrected chi connectivity index (χ3v) is 6.92. The van der Waals surface area contributed by atoms with Crippen molar-refractivity contribution < 1.29 is 22.7 Å². The van der Waals surface area contributed by atoms with Crippen molar-refractivity contribution in [2.24, 2.45) is 5.92 Å². The van der Waals surface area contributed by atoms with Crippen LogP contribution in [-0.2, 0) is 19.6 Å². The van der Waals surface area contributed by atoms with Crippen molar-refractivity contribution in [1.29, 1.82) is 0 Å². The first-order valence-corrected chi connectivity index (χ1v) is 12.8. The van der Waals surface area contributed by atoms with Gasteiger partial charge in [0.1, 0.15) is 5.75 Å². The molecule has 180 valence electrons. The summed E-state index contributed by atoms with van der Waals surface area (Å²) in [6.45, 7) is 5.45.